The minimum atomic E-state index is -1.84. The molecule has 8 rings (SSSR count). The van der Waals surface area contributed by atoms with Crippen LogP contribution in [0.15, 0.2) is 36.4 Å². The Morgan fingerprint density at radius 2 is 1.66 bits per heavy atom. The number of aryl methyl sites for hydroxylation is 1. The fraction of sp³-hybridized carbons (Fsp3) is 0.667. The minimum Gasteiger partial charge on any atom is -0.461 e. The molecule has 4 saturated heterocycles. The number of hydrogen-bond acceptors (Lipinski definition) is 9. The predicted molar refractivity (Wildman–Crippen MR) is 228 cm³/mol. The number of benzene rings is 2. The molecule has 304 valence electrons. The van der Waals surface area contributed by atoms with E-state index in [1.807, 2.05) is 25.7 Å². The molecule has 0 spiro atoms. The lowest BCUT2D eigenvalue weighted by atomic mass is 9.95. The molecular weight excluding hydrogens is 717 g/mol. The molecule has 5 aliphatic heterocycles. The topological polar surface area (TPSA) is 83.5 Å². The van der Waals surface area contributed by atoms with Crippen molar-refractivity contribution in [2.24, 2.45) is 0 Å². The highest BCUT2D eigenvalue weighted by Crippen LogP contribution is 2.45. The van der Waals surface area contributed by atoms with Crippen LogP contribution in [-0.2, 0) is 28.5 Å². The van der Waals surface area contributed by atoms with Crippen LogP contribution in [0.4, 0.5) is 16.3 Å². The second-order valence-corrected chi connectivity index (χ2v) is 24.6. The van der Waals surface area contributed by atoms with E-state index < -0.39 is 13.9 Å². The van der Waals surface area contributed by atoms with Gasteiger partial charge >= 0.3 is 12.1 Å². The first-order chi connectivity index (χ1) is 26.6. The Morgan fingerprint density at radius 3 is 2.36 bits per heavy atom. The van der Waals surface area contributed by atoms with Crippen molar-refractivity contribution in [3.05, 3.63) is 53.2 Å². The number of rotatable bonds is 9. The molecule has 11 heteroatoms. The second-order valence-electron chi connectivity index (χ2n) is 19.8. The van der Waals surface area contributed by atoms with Crippen LogP contribution >= 0.6 is 0 Å². The summed E-state index contributed by atoms with van der Waals surface area (Å²) in [6, 6.07) is 14.5. The summed E-state index contributed by atoms with van der Waals surface area (Å²) in [5.74, 6) is 0.991. The van der Waals surface area contributed by atoms with Gasteiger partial charge in [-0.25, -0.2) is 4.79 Å². The largest absolute Gasteiger partial charge is 0.461 e. The van der Waals surface area contributed by atoms with Gasteiger partial charge < -0.3 is 23.7 Å². The number of anilines is 2. The highest BCUT2D eigenvalue weighted by atomic mass is 28.4. The van der Waals surface area contributed by atoms with E-state index in [9.17, 15) is 4.79 Å². The third-order valence-electron chi connectivity index (χ3n) is 14.0. The summed E-state index contributed by atoms with van der Waals surface area (Å²) in [5.41, 5.74) is 4.39. The summed E-state index contributed by atoms with van der Waals surface area (Å²) < 4.78 is 19.5. The maximum absolute atomic E-state index is 13.4. The maximum Gasteiger partial charge on any atom is 0.410 e. The average Bonchev–Trinajstić information content (AvgIpc) is 3.80. The van der Waals surface area contributed by atoms with Gasteiger partial charge in [0.25, 0.3) is 0 Å². The van der Waals surface area contributed by atoms with Crippen molar-refractivity contribution in [2.45, 2.75) is 154 Å². The number of fused-ring (bicyclic) bond motifs is 5. The molecule has 0 radical (unpaired) electrons. The van der Waals surface area contributed by atoms with Gasteiger partial charge in [-0.05, 0) is 114 Å². The summed E-state index contributed by atoms with van der Waals surface area (Å²) >= 11 is 0. The van der Waals surface area contributed by atoms with E-state index in [1.54, 1.807) is 0 Å². The van der Waals surface area contributed by atoms with Crippen LogP contribution < -0.4 is 14.5 Å². The van der Waals surface area contributed by atoms with Crippen LogP contribution in [0.5, 0.6) is 6.01 Å². The van der Waals surface area contributed by atoms with Gasteiger partial charge in [-0.2, -0.15) is 9.97 Å². The number of nitrogens with zero attached hydrogens (tertiary/aromatic N) is 6. The Kier molecular flexibility index (Phi) is 10.4. The van der Waals surface area contributed by atoms with Gasteiger partial charge in [0, 0.05) is 48.9 Å². The molecule has 4 fully saturated rings. The molecule has 2 bridgehead atoms. The quantitative estimate of drug-likeness (QED) is 0.198. The molecule has 10 nitrogen and oxygen atoms in total. The van der Waals surface area contributed by atoms with E-state index in [0.29, 0.717) is 25.2 Å². The predicted octanol–water partition coefficient (Wildman–Crippen LogP) is 8.74. The Labute approximate surface area is 336 Å². The Balaban J connectivity index is 1.08. The van der Waals surface area contributed by atoms with Crippen molar-refractivity contribution in [3.63, 3.8) is 0 Å². The highest BCUT2D eigenvalue weighted by Gasteiger charge is 2.51. The summed E-state index contributed by atoms with van der Waals surface area (Å²) in [5, 5.41) is 2.82. The van der Waals surface area contributed by atoms with E-state index in [-0.39, 0.29) is 28.8 Å². The molecule has 0 saturated carbocycles. The lowest BCUT2D eigenvalue weighted by Crippen LogP contribution is -2.57. The fourth-order valence-corrected chi connectivity index (χ4v) is 11.1. The van der Waals surface area contributed by atoms with Gasteiger partial charge in [0.2, 0.25) is 0 Å². The highest BCUT2D eigenvalue weighted by molar-refractivity contribution is 6.74. The van der Waals surface area contributed by atoms with E-state index >= 15 is 0 Å². The van der Waals surface area contributed by atoms with Gasteiger partial charge in [-0.3, -0.25) is 9.80 Å². The van der Waals surface area contributed by atoms with Crippen molar-refractivity contribution in [2.75, 3.05) is 49.2 Å². The number of amides is 1. The number of piperazine rings is 1. The molecule has 4 atom stereocenters. The number of ether oxygens (including phenoxy) is 2. The molecule has 0 aliphatic carbocycles. The lowest BCUT2D eigenvalue weighted by molar-refractivity contribution is 0.0122. The zero-order chi connectivity index (χ0) is 39.6. The third kappa shape index (κ3) is 7.41. The third-order valence-corrected chi connectivity index (χ3v) is 18.5. The molecule has 3 aromatic rings. The van der Waals surface area contributed by atoms with Crippen molar-refractivity contribution < 1.29 is 18.7 Å². The van der Waals surface area contributed by atoms with Gasteiger partial charge in [-0.15, -0.1) is 0 Å². The van der Waals surface area contributed by atoms with Gasteiger partial charge in [0.05, 0.1) is 29.9 Å². The molecule has 6 heterocycles. The van der Waals surface area contributed by atoms with Gasteiger partial charge in [-0.1, -0.05) is 58.0 Å². The monoisotopic (exact) mass is 782 g/mol. The molecule has 5 aliphatic rings. The number of hydrogen-bond donors (Lipinski definition) is 0. The zero-order valence-electron chi connectivity index (χ0n) is 35.6. The number of carbonyl (C=O) groups is 1. The molecule has 0 N–H and O–H groups in total. The first-order valence-corrected chi connectivity index (χ1v) is 24.4. The zero-order valence-corrected chi connectivity index (χ0v) is 36.6. The van der Waals surface area contributed by atoms with Crippen molar-refractivity contribution >= 4 is 36.7 Å². The summed E-state index contributed by atoms with van der Waals surface area (Å²) in [4.78, 5) is 33.6. The van der Waals surface area contributed by atoms with E-state index in [0.717, 1.165) is 89.2 Å². The van der Waals surface area contributed by atoms with Gasteiger partial charge in [0.15, 0.2) is 8.32 Å². The Hall–Kier alpha value is -3.41. The molecule has 2 unspecified atom stereocenters. The molecular formula is C45H66N6O4Si. The standard InChI is InChI=1S/C45H66N6O4Si/c1-10-31-14-11-15-32-16-12-17-38(39(31)32)48-25-21-36-37(28-48)46-41(47-40(36)49-26-33-18-19-34(27-49)51(33)42(52)55-43(2,3)4)53-30-45-22-13-24-50(45)35(20-23-45)29-54-56(8,9)44(5,6)7/h11-12,14-17,33-35H,10,13,18-30H2,1-9H3/t33-,34+,35?,45?. The first kappa shape index (κ1) is 39.4. The Morgan fingerprint density at radius 1 is 0.929 bits per heavy atom. The smallest absolute Gasteiger partial charge is 0.410 e. The van der Waals surface area contributed by atoms with Gasteiger partial charge in [0.1, 0.15) is 18.0 Å². The second kappa shape index (κ2) is 14.8. The van der Waals surface area contributed by atoms with Crippen LogP contribution in [-0.4, -0.2) is 103 Å². The van der Waals surface area contributed by atoms with Crippen molar-refractivity contribution in [3.8, 4) is 6.01 Å². The summed E-state index contributed by atoms with van der Waals surface area (Å²) in [6.45, 7) is 25.3. The van der Waals surface area contributed by atoms with Crippen LogP contribution in [0, 0.1) is 0 Å². The van der Waals surface area contributed by atoms with Crippen LogP contribution in [0.2, 0.25) is 18.1 Å². The number of aromatic nitrogens is 2. The normalized spacial score (nSPS) is 25.5. The van der Waals surface area contributed by atoms with E-state index in [4.69, 9.17) is 23.9 Å². The SMILES string of the molecule is CCc1cccc2cccc(N3CCc4c(nc(OCC56CCCN5C(CO[Si](C)(C)C(C)(C)C)CC6)nc4N4C[C@H]5CC[C@@H](C4)N5C(=O)OC(C)(C)C)C3)c12. The first-order valence-electron chi connectivity index (χ1n) is 21.5. The minimum absolute atomic E-state index is 0.00935. The number of carbonyl (C=O) groups excluding carboxylic acids is 1. The van der Waals surface area contributed by atoms with Crippen LogP contribution in [0.3, 0.4) is 0 Å². The van der Waals surface area contributed by atoms with E-state index in [2.05, 4.69) is 91.9 Å². The maximum atomic E-state index is 13.4. The van der Waals surface area contributed by atoms with E-state index in [1.165, 1.54) is 34.0 Å². The fourth-order valence-electron chi connectivity index (χ4n) is 10.1. The molecule has 1 amide bonds. The Bertz CT molecular complexity index is 1920. The van der Waals surface area contributed by atoms with Crippen LogP contribution in [0.25, 0.3) is 10.8 Å². The molecule has 1 aromatic heterocycles. The van der Waals surface area contributed by atoms with Crippen LogP contribution in [0.1, 0.15) is 104 Å². The molecule has 56 heavy (non-hydrogen) atoms. The van der Waals surface area contributed by atoms with Crippen molar-refractivity contribution in [1.29, 1.82) is 0 Å². The summed E-state index contributed by atoms with van der Waals surface area (Å²) in [7, 11) is -1.84. The molecule has 2 aromatic carbocycles. The average molecular weight is 783 g/mol. The summed E-state index contributed by atoms with van der Waals surface area (Å²) in [6.07, 6.45) is 8.16. The lowest BCUT2D eigenvalue weighted by Gasteiger charge is -2.43. The van der Waals surface area contributed by atoms with Crippen molar-refractivity contribution in [1.82, 2.24) is 19.8 Å².